The Bertz CT molecular complexity index is 555. The smallest absolute Gasteiger partial charge is 0.196 e. The van der Waals surface area contributed by atoms with Gasteiger partial charge < -0.3 is 9.47 Å². The van der Waals surface area contributed by atoms with E-state index in [-0.39, 0.29) is 6.29 Å². The number of ether oxygens (including phenoxy) is 2. The Morgan fingerprint density at radius 2 is 1.54 bits per heavy atom. The minimum Gasteiger partial charge on any atom is -0.465 e. The molecule has 0 heterocycles. The van der Waals surface area contributed by atoms with Crippen molar-refractivity contribution >= 4 is 0 Å². The van der Waals surface area contributed by atoms with Gasteiger partial charge in [0.15, 0.2) is 6.29 Å². The third-order valence-electron chi connectivity index (χ3n) is 7.51. The van der Waals surface area contributed by atoms with Crippen LogP contribution in [0.25, 0.3) is 0 Å². The van der Waals surface area contributed by atoms with Gasteiger partial charge in [0, 0.05) is 0 Å². The molecular formula is C24H36O2. The standard InChI is InChI=1S/C24H36O2/c1-4-17(2)22-5-7-23(8-6-22)26-18(3)25-10-9-24-14-19-11-20(15-24)13-21(12-19)16-24/h5-8,17-21H,4,9-16H2,1-3H3. The first-order chi connectivity index (χ1) is 12.5. The molecule has 0 aromatic heterocycles. The van der Waals surface area contributed by atoms with E-state index in [9.17, 15) is 0 Å². The van der Waals surface area contributed by atoms with Gasteiger partial charge in [-0.2, -0.15) is 0 Å². The number of benzene rings is 1. The fourth-order valence-electron chi connectivity index (χ4n) is 6.37. The molecule has 0 aliphatic heterocycles. The van der Waals surface area contributed by atoms with Crippen molar-refractivity contribution in [2.75, 3.05) is 6.61 Å². The van der Waals surface area contributed by atoms with Crippen LogP contribution < -0.4 is 4.74 Å². The van der Waals surface area contributed by atoms with Crippen molar-refractivity contribution in [3.8, 4) is 5.75 Å². The van der Waals surface area contributed by atoms with Crippen molar-refractivity contribution < 1.29 is 9.47 Å². The fourth-order valence-corrected chi connectivity index (χ4v) is 6.37. The maximum absolute atomic E-state index is 6.06. The Labute approximate surface area is 159 Å². The molecule has 0 saturated heterocycles. The molecule has 26 heavy (non-hydrogen) atoms. The average molecular weight is 357 g/mol. The quantitative estimate of drug-likeness (QED) is 0.492. The lowest BCUT2D eigenvalue weighted by atomic mass is 9.49. The molecular weight excluding hydrogens is 320 g/mol. The van der Waals surface area contributed by atoms with Crippen LogP contribution in [0.4, 0.5) is 0 Å². The predicted molar refractivity (Wildman–Crippen MR) is 106 cm³/mol. The molecule has 0 spiro atoms. The molecule has 1 aromatic rings. The van der Waals surface area contributed by atoms with E-state index in [1.54, 1.807) is 0 Å². The second-order valence-corrected chi connectivity index (χ2v) is 9.60. The molecule has 4 saturated carbocycles. The van der Waals surface area contributed by atoms with Crippen molar-refractivity contribution in [3.05, 3.63) is 29.8 Å². The zero-order valence-corrected chi connectivity index (χ0v) is 16.9. The van der Waals surface area contributed by atoms with Gasteiger partial charge in [-0.15, -0.1) is 0 Å². The van der Waals surface area contributed by atoms with Crippen molar-refractivity contribution in [2.45, 2.75) is 84.3 Å². The van der Waals surface area contributed by atoms with Crippen LogP contribution in [0.5, 0.6) is 5.75 Å². The van der Waals surface area contributed by atoms with Crippen LogP contribution in [0.1, 0.15) is 83.6 Å². The topological polar surface area (TPSA) is 18.5 Å². The summed E-state index contributed by atoms with van der Waals surface area (Å²) in [4.78, 5) is 0. The SMILES string of the molecule is CCC(C)c1ccc(OC(C)OCCC23CC4CC(CC(C4)C2)C3)cc1. The second-order valence-electron chi connectivity index (χ2n) is 9.60. The summed E-state index contributed by atoms with van der Waals surface area (Å²) in [6.45, 7) is 7.38. The molecule has 0 amide bonds. The van der Waals surface area contributed by atoms with E-state index in [0.717, 1.165) is 30.1 Å². The van der Waals surface area contributed by atoms with E-state index >= 15 is 0 Å². The molecule has 0 radical (unpaired) electrons. The third kappa shape index (κ3) is 3.96. The molecule has 2 unspecified atom stereocenters. The maximum Gasteiger partial charge on any atom is 0.196 e. The summed E-state index contributed by atoms with van der Waals surface area (Å²) in [5.41, 5.74) is 1.99. The van der Waals surface area contributed by atoms with Gasteiger partial charge in [-0.25, -0.2) is 0 Å². The molecule has 144 valence electrons. The van der Waals surface area contributed by atoms with Gasteiger partial charge in [0.1, 0.15) is 5.75 Å². The van der Waals surface area contributed by atoms with E-state index in [0.29, 0.717) is 11.3 Å². The Kier molecular flexibility index (Phi) is 5.32. The van der Waals surface area contributed by atoms with Crippen molar-refractivity contribution in [1.82, 2.24) is 0 Å². The van der Waals surface area contributed by atoms with Gasteiger partial charge in [0.25, 0.3) is 0 Å². The van der Waals surface area contributed by atoms with E-state index < -0.39 is 0 Å². The van der Waals surface area contributed by atoms with Crippen LogP contribution in [0, 0.1) is 23.2 Å². The Balaban J connectivity index is 1.24. The number of hydrogen-bond donors (Lipinski definition) is 0. The summed E-state index contributed by atoms with van der Waals surface area (Å²) < 4.78 is 12.0. The monoisotopic (exact) mass is 356 g/mol. The van der Waals surface area contributed by atoms with Crippen molar-refractivity contribution in [2.24, 2.45) is 23.2 Å². The first-order valence-corrected chi connectivity index (χ1v) is 10.9. The van der Waals surface area contributed by atoms with Crippen LogP contribution in [0.15, 0.2) is 24.3 Å². The molecule has 4 fully saturated rings. The lowest BCUT2D eigenvalue weighted by Gasteiger charge is -2.57. The van der Waals surface area contributed by atoms with Crippen LogP contribution in [0.3, 0.4) is 0 Å². The number of rotatable bonds is 8. The molecule has 2 nitrogen and oxygen atoms in total. The molecule has 5 rings (SSSR count). The van der Waals surface area contributed by atoms with E-state index in [1.165, 1.54) is 56.9 Å². The molecule has 4 aliphatic rings. The maximum atomic E-state index is 6.06. The lowest BCUT2D eigenvalue weighted by Crippen LogP contribution is -2.46. The highest BCUT2D eigenvalue weighted by molar-refractivity contribution is 5.29. The normalized spacial score (nSPS) is 34.7. The molecule has 2 heteroatoms. The Hall–Kier alpha value is -1.02. The summed E-state index contributed by atoms with van der Waals surface area (Å²) in [7, 11) is 0. The highest BCUT2D eigenvalue weighted by Gasteiger charge is 2.50. The minimum atomic E-state index is -0.168. The van der Waals surface area contributed by atoms with Crippen molar-refractivity contribution in [3.63, 3.8) is 0 Å². The summed E-state index contributed by atoms with van der Waals surface area (Å²) >= 11 is 0. The van der Waals surface area contributed by atoms with Gasteiger partial charge in [-0.05, 0) is 105 Å². The van der Waals surface area contributed by atoms with Crippen LogP contribution in [0.2, 0.25) is 0 Å². The van der Waals surface area contributed by atoms with Gasteiger partial charge in [-0.1, -0.05) is 26.0 Å². The predicted octanol–water partition coefficient (Wildman–Crippen LogP) is 6.55. The van der Waals surface area contributed by atoms with E-state index in [1.807, 2.05) is 6.92 Å². The highest BCUT2D eigenvalue weighted by Crippen LogP contribution is 2.61. The molecule has 2 atom stereocenters. The van der Waals surface area contributed by atoms with Gasteiger partial charge >= 0.3 is 0 Å². The summed E-state index contributed by atoms with van der Waals surface area (Å²) in [6.07, 6.45) is 11.2. The molecule has 4 bridgehead atoms. The van der Waals surface area contributed by atoms with Gasteiger partial charge in [0.05, 0.1) is 6.61 Å². The molecule has 1 aromatic carbocycles. The third-order valence-corrected chi connectivity index (χ3v) is 7.51. The summed E-state index contributed by atoms with van der Waals surface area (Å²) in [6, 6.07) is 8.54. The summed E-state index contributed by atoms with van der Waals surface area (Å²) in [5, 5.41) is 0. The average Bonchev–Trinajstić information content (AvgIpc) is 2.60. The van der Waals surface area contributed by atoms with Crippen LogP contribution >= 0.6 is 0 Å². The molecule has 4 aliphatic carbocycles. The second kappa shape index (κ2) is 7.54. The minimum absolute atomic E-state index is 0.168. The van der Waals surface area contributed by atoms with Gasteiger partial charge in [-0.3, -0.25) is 0 Å². The number of hydrogen-bond acceptors (Lipinski definition) is 2. The summed E-state index contributed by atoms with van der Waals surface area (Å²) in [5.74, 6) is 4.61. The fraction of sp³-hybridized carbons (Fsp3) is 0.750. The van der Waals surface area contributed by atoms with Gasteiger partial charge in [0.2, 0.25) is 0 Å². The van der Waals surface area contributed by atoms with E-state index in [2.05, 4.69) is 38.1 Å². The Morgan fingerprint density at radius 3 is 2.08 bits per heavy atom. The first-order valence-electron chi connectivity index (χ1n) is 10.9. The zero-order chi connectivity index (χ0) is 18.1. The largest absolute Gasteiger partial charge is 0.465 e. The van der Waals surface area contributed by atoms with Crippen LogP contribution in [-0.4, -0.2) is 12.9 Å². The highest BCUT2D eigenvalue weighted by atomic mass is 16.7. The zero-order valence-electron chi connectivity index (χ0n) is 16.9. The van der Waals surface area contributed by atoms with Crippen LogP contribution in [-0.2, 0) is 4.74 Å². The Morgan fingerprint density at radius 1 is 0.962 bits per heavy atom. The molecule has 0 N–H and O–H groups in total. The first kappa shape index (κ1) is 18.3. The van der Waals surface area contributed by atoms with E-state index in [4.69, 9.17) is 9.47 Å². The van der Waals surface area contributed by atoms with Crippen molar-refractivity contribution in [1.29, 1.82) is 0 Å². The lowest BCUT2D eigenvalue weighted by molar-refractivity contribution is -0.104.